The van der Waals surface area contributed by atoms with Crippen LogP contribution in [0.1, 0.15) is 29.6 Å². The first-order valence-corrected chi connectivity index (χ1v) is 8.26. The summed E-state index contributed by atoms with van der Waals surface area (Å²) in [5.74, 6) is 1.80. The largest absolute Gasteiger partial charge is 0.490 e. The number of nitrogens with one attached hydrogen (secondary N) is 1. The second-order valence-corrected chi connectivity index (χ2v) is 5.98. The van der Waals surface area contributed by atoms with Gasteiger partial charge in [-0.1, -0.05) is 12.1 Å². The monoisotopic (exact) mass is 325 g/mol. The number of rotatable bonds is 4. The topological polar surface area (TPSA) is 56.8 Å². The van der Waals surface area contributed by atoms with Gasteiger partial charge in [0.2, 0.25) is 0 Å². The van der Waals surface area contributed by atoms with E-state index < -0.39 is 0 Å². The number of fused-ring (bicyclic) bond motifs is 1. The molecule has 124 valence electrons. The Hall–Kier alpha value is -2.69. The van der Waals surface area contributed by atoms with Crippen LogP contribution in [0.2, 0.25) is 0 Å². The highest BCUT2D eigenvalue weighted by Gasteiger charge is 2.22. The predicted octanol–water partition coefficient (Wildman–Crippen LogP) is 3.64. The number of hydrogen-bond donors (Lipinski definition) is 1. The molecule has 4 rings (SSSR count). The molecular formula is C19H19NO4. The first-order valence-electron chi connectivity index (χ1n) is 8.26. The fourth-order valence-electron chi connectivity index (χ4n) is 2.74. The van der Waals surface area contributed by atoms with Gasteiger partial charge in [0.05, 0.1) is 11.7 Å². The molecule has 5 nitrogen and oxygen atoms in total. The summed E-state index contributed by atoms with van der Waals surface area (Å²) in [7, 11) is 0. The molecule has 0 saturated heterocycles. The van der Waals surface area contributed by atoms with Crippen molar-refractivity contribution in [2.75, 3.05) is 18.5 Å². The molecule has 1 heterocycles. The highest BCUT2D eigenvalue weighted by molar-refractivity contribution is 6.06. The van der Waals surface area contributed by atoms with Gasteiger partial charge < -0.3 is 19.5 Å². The summed E-state index contributed by atoms with van der Waals surface area (Å²) in [5, 5.41) is 2.90. The molecule has 1 aliphatic carbocycles. The molecule has 1 fully saturated rings. The number of benzene rings is 2. The van der Waals surface area contributed by atoms with Gasteiger partial charge in [-0.2, -0.15) is 0 Å². The van der Waals surface area contributed by atoms with E-state index in [2.05, 4.69) is 5.32 Å². The van der Waals surface area contributed by atoms with E-state index in [1.165, 1.54) is 6.42 Å². The van der Waals surface area contributed by atoms with E-state index in [0.29, 0.717) is 41.7 Å². The van der Waals surface area contributed by atoms with Gasteiger partial charge in [-0.3, -0.25) is 4.79 Å². The zero-order valence-corrected chi connectivity index (χ0v) is 13.3. The van der Waals surface area contributed by atoms with E-state index in [1.54, 1.807) is 24.3 Å². The Morgan fingerprint density at radius 1 is 1.04 bits per heavy atom. The van der Waals surface area contributed by atoms with Crippen LogP contribution in [0.3, 0.4) is 0 Å². The van der Waals surface area contributed by atoms with Crippen LogP contribution < -0.4 is 19.5 Å². The average Bonchev–Trinajstić information content (AvgIpc) is 2.58. The van der Waals surface area contributed by atoms with Crippen molar-refractivity contribution in [3.63, 3.8) is 0 Å². The second-order valence-electron chi connectivity index (χ2n) is 5.98. The standard InChI is InChI=1S/C19H19NO4/c21-19(15-6-1-2-7-16(15)24-14-4-3-5-14)20-13-8-9-17-18(12-13)23-11-10-22-17/h1-2,6-9,12,14H,3-5,10-11H2,(H,20,21). The van der Waals surface area contributed by atoms with Gasteiger partial charge in [0.15, 0.2) is 11.5 Å². The number of ether oxygens (including phenoxy) is 3. The lowest BCUT2D eigenvalue weighted by Crippen LogP contribution is -2.26. The third-order valence-corrected chi connectivity index (χ3v) is 4.28. The molecule has 2 aromatic carbocycles. The number of para-hydroxylation sites is 1. The first-order chi connectivity index (χ1) is 11.8. The number of amides is 1. The highest BCUT2D eigenvalue weighted by Crippen LogP contribution is 2.33. The lowest BCUT2D eigenvalue weighted by molar-refractivity contribution is 0.0992. The molecule has 1 amide bonds. The van der Waals surface area contributed by atoms with Crippen molar-refractivity contribution in [3.05, 3.63) is 48.0 Å². The number of anilines is 1. The van der Waals surface area contributed by atoms with Crippen LogP contribution in [0.25, 0.3) is 0 Å². The molecule has 5 heteroatoms. The Kier molecular flexibility index (Phi) is 3.99. The Balaban J connectivity index is 1.51. The summed E-state index contributed by atoms with van der Waals surface area (Å²) in [6.45, 7) is 1.06. The van der Waals surface area contributed by atoms with Gasteiger partial charge in [0.1, 0.15) is 19.0 Å². The predicted molar refractivity (Wildman–Crippen MR) is 90.1 cm³/mol. The van der Waals surface area contributed by atoms with E-state index in [4.69, 9.17) is 14.2 Å². The summed E-state index contributed by atoms with van der Waals surface area (Å²) in [4.78, 5) is 12.6. The lowest BCUT2D eigenvalue weighted by atomic mass is 9.96. The van der Waals surface area contributed by atoms with E-state index in [1.807, 2.05) is 18.2 Å². The first kappa shape index (κ1) is 14.9. The SMILES string of the molecule is O=C(Nc1ccc2c(c1)OCCO2)c1ccccc1OC1CCC1. The third kappa shape index (κ3) is 3.02. The zero-order valence-electron chi connectivity index (χ0n) is 13.3. The zero-order chi connectivity index (χ0) is 16.4. The van der Waals surface area contributed by atoms with Crippen molar-refractivity contribution in [1.29, 1.82) is 0 Å². The second kappa shape index (κ2) is 6.43. The van der Waals surface area contributed by atoms with E-state index in [-0.39, 0.29) is 12.0 Å². The van der Waals surface area contributed by atoms with Crippen LogP contribution in [-0.4, -0.2) is 25.2 Å². The molecule has 0 radical (unpaired) electrons. The summed E-state index contributed by atoms with van der Waals surface area (Å²) < 4.78 is 17.0. The smallest absolute Gasteiger partial charge is 0.259 e. The van der Waals surface area contributed by atoms with Crippen molar-refractivity contribution < 1.29 is 19.0 Å². The molecule has 2 aromatic rings. The van der Waals surface area contributed by atoms with Crippen molar-refractivity contribution in [2.45, 2.75) is 25.4 Å². The minimum atomic E-state index is -0.193. The molecule has 1 saturated carbocycles. The van der Waals surface area contributed by atoms with E-state index >= 15 is 0 Å². The molecule has 0 bridgehead atoms. The highest BCUT2D eigenvalue weighted by atomic mass is 16.6. The summed E-state index contributed by atoms with van der Waals surface area (Å²) in [5.41, 5.74) is 1.21. The fourth-order valence-corrected chi connectivity index (χ4v) is 2.74. The van der Waals surface area contributed by atoms with Crippen molar-refractivity contribution in [1.82, 2.24) is 0 Å². The van der Waals surface area contributed by atoms with Crippen LogP contribution in [0, 0.1) is 0 Å². The Labute approximate surface area is 140 Å². The number of carbonyl (C=O) groups is 1. The average molecular weight is 325 g/mol. The summed E-state index contributed by atoms with van der Waals surface area (Å²) >= 11 is 0. The molecule has 1 aliphatic heterocycles. The third-order valence-electron chi connectivity index (χ3n) is 4.28. The van der Waals surface area contributed by atoms with E-state index in [9.17, 15) is 4.79 Å². The lowest BCUT2D eigenvalue weighted by Gasteiger charge is -2.27. The summed E-state index contributed by atoms with van der Waals surface area (Å²) in [6.07, 6.45) is 3.53. The fraction of sp³-hybridized carbons (Fsp3) is 0.316. The maximum Gasteiger partial charge on any atom is 0.259 e. The molecule has 24 heavy (non-hydrogen) atoms. The Bertz CT molecular complexity index is 755. The molecule has 2 aliphatic rings. The molecule has 0 atom stereocenters. The van der Waals surface area contributed by atoms with Crippen LogP contribution in [-0.2, 0) is 0 Å². The Morgan fingerprint density at radius 3 is 2.62 bits per heavy atom. The van der Waals surface area contributed by atoms with Crippen molar-refractivity contribution >= 4 is 11.6 Å². The van der Waals surface area contributed by atoms with Crippen LogP contribution >= 0.6 is 0 Å². The van der Waals surface area contributed by atoms with Gasteiger partial charge in [-0.05, 0) is 43.5 Å². The minimum Gasteiger partial charge on any atom is -0.490 e. The maximum absolute atomic E-state index is 12.6. The van der Waals surface area contributed by atoms with Gasteiger partial charge in [0.25, 0.3) is 5.91 Å². The van der Waals surface area contributed by atoms with Crippen LogP contribution in [0.15, 0.2) is 42.5 Å². The molecular weight excluding hydrogens is 306 g/mol. The van der Waals surface area contributed by atoms with Gasteiger partial charge in [-0.25, -0.2) is 0 Å². The normalized spacial score (nSPS) is 16.2. The molecule has 1 N–H and O–H groups in total. The molecule has 0 aromatic heterocycles. The van der Waals surface area contributed by atoms with Crippen LogP contribution in [0.5, 0.6) is 17.2 Å². The Morgan fingerprint density at radius 2 is 1.83 bits per heavy atom. The van der Waals surface area contributed by atoms with Crippen LogP contribution in [0.4, 0.5) is 5.69 Å². The number of carbonyl (C=O) groups excluding carboxylic acids is 1. The van der Waals surface area contributed by atoms with Gasteiger partial charge in [0, 0.05) is 11.8 Å². The van der Waals surface area contributed by atoms with E-state index in [0.717, 1.165) is 12.8 Å². The van der Waals surface area contributed by atoms with Crippen molar-refractivity contribution in [3.8, 4) is 17.2 Å². The maximum atomic E-state index is 12.6. The van der Waals surface area contributed by atoms with Crippen molar-refractivity contribution in [2.24, 2.45) is 0 Å². The molecule has 0 unspecified atom stereocenters. The number of hydrogen-bond acceptors (Lipinski definition) is 4. The van der Waals surface area contributed by atoms with Gasteiger partial charge >= 0.3 is 0 Å². The minimum absolute atomic E-state index is 0.193. The summed E-state index contributed by atoms with van der Waals surface area (Å²) in [6, 6.07) is 12.7. The molecule has 0 spiro atoms. The quantitative estimate of drug-likeness (QED) is 0.932. The van der Waals surface area contributed by atoms with Gasteiger partial charge in [-0.15, -0.1) is 0 Å².